The van der Waals surface area contributed by atoms with Crippen molar-refractivity contribution in [3.05, 3.63) is 59.7 Å². The predicted octanol–water partition coefficient (Wildman–Crippen LogP) is 4.54. The molecule has 0 saturated heterocycles. The lowest BCUT2D eigenvalue weighted by Gasteiger charge is -2.18. The molecule has 4 rings (SSSR count). The summed E-state index contributed by atoms with van der Waals surface area (Å²) in [6.07, 6.45) is 5.22. The third-order valence-electron chi connectivity index (χ3n) is 4.26. The first-order valence-corrected chi connectivity index (χ1v) is 8.95. The van der Waals surface area contributed by atoms with Crippen LogP contribution in [0.5, 0.6) is 0 Å². The monoisotopic (exact) mass is 364 g/mol. The summed E-state index contributed by atoms with van der Waals surface area (Å²) in [4.78, 5) is 0. The lowest BCUT2D eigenvalue weighted by molar-refractivity contribution is 0.381. The third-order valence-corrected chi connectivity index (χ3v) is 4.26. The van der Waals surface area contributed by atoms with Gasteiger partial charge >= 0.3 is 10.4 Å². The van der Waals surface area contributed by atoms with Crippen molar-refractivity contribution >= 4 is 31.9 Å². The van der Waals surface area contributed by atoms with Gasteiger partial charge in [-0.2, -0.15) is 8.42 Å². The van der Waals surface area contributed by atoms with E-state index in [1.807, 2.05) is 0 Å². The first-order valence-electron chi connectivity index (χ1n) is 7.55. The first kappa shape index (κ1) is 21.0. The Morgan fingerprint density at radius 1 is 0.720 bits per heavy atom. The smallest absolute Gasteiger partial charge is 0.344 e. The second-order valence-corrected chi connectivity index (χ2v) is 6.64. The van der Waals surface area contributed by atoms with Crippen LogP contribution >= 0.6 is 0 Å². The molecule has 0 amide bonds. The normalized spacial score (nSPS) is 13.0. The van der Waals surface area contributed by atoms with E-state index in [9.17, 15) is 0 Å². The molecule has 7 heteroatoms. The molecule has 0 saturated carbocycles. The van der Waals surface area contributed by atoms with Crippen LogP contribution in [0.1, 0.15) is 24.0 Å². The Bertz CT molecular complexity index is 963. The van der Waals surface area contributed by atoms with Crippen molar-refractivity contribution in [1.29, 1.82) is 0 Å². The minimum Gasteiger partial charge on any atom is -0.344 e. The fourth-order valence-corrected chi connectivity index (χ4v) is 3.34. The van der Waals surface area contributed by atoms with Crippen LogP contribution in [0.4, 0.5) is 0 Å². The molecule has 0 bridgehead atoms. The molecule has 0 radical (unpaired) electrons. The molecule has 3 aromatic carbocycles. The van der Waals surface area contributed by atoms with Gasteiger partial charge in [0.15, 0.2) is 0 Å². The second kappa shape index (κ2) is 8.37. The molecule has 3 aromatic rings. The van der Waals surface area contributed by atoms with E-state index in [-0.39, 0.29) is 12.3 Å². The van der Waals surface area contributed by atoms with Gasteiger partial charge in [-0.25, -0.2) is 0 Å². The van der Waals surface area contributed by atoms with Crippen LogP contribution in [0.3, 0.4) is 0 Å². The molecule has 136 valence electrons. The van der Waals surface area contributed by atoms with Crippen LogP contribution in [-0.2, 0) is 23.2 Å². The fourth-order valence-electron chi connectivity index (χ4n) is 3.34. The standard InChI is InChI=1S/C18H16.2H3N.H2O4S/c1-3-7-15-13(5-1)9-11-18-16-8-4-2-6-14(16)10-12-17(15)18;;;1-5(2,3)4/h1,3,5,7,9-12H,2,4,6,8H2;2*1H3;(H2,1,2,3,4). The largest absolute Gasteiger partial charge is 0.394 e. The van der Waals surface area contributed by atoms with E-state index in [0.717, 1.165) is 0 Å². The highest BCUT2D eigenvalue weighted by Gasteiger charge is 2.13. The number of rotatable bonds is 0. The average molecular weight is 364 g/mol. The van der Waals surface area contributed by atoms with Gasteiger partial charge in [0, 0.05) is 0 Å². The maximum absolute atomic E-state index is 8.74. The molecule has 25 heavy (non-hydrogen) atoms. The summed E-state index contributed by atoms with van der Waals surface area (Å²) < 4.78 is 31.6. The molecule has 6 nitrogen and oxygen atoms in total. The van der Waals surface area contributed by atoms with Crippen LogP contribution in [-0.4, -0.2) is 17.5 Å². The van der Waals surface area contributed by atoms with Crippen LogP contribution in [0.25, 0.3) is 21.5 Å². The molecule has 0 spiro atoms. The minimum atomic E-state index is -4.67. The van der Waals surface area contributed by atoms with Gasteiger partial charge in [0.05, 0.1) is 0 Å². The topological polar surface area (TPSA) is 145 Å². The molecule has 0 aliphatic heterocycles. The lowest BCUT2D eigenvalue weighted by atomic mass is 9.86. The van der Waals surface area contributed by atoms with Crippen LogP contribution in [0.2, 0.25) is 0 Å². The molecule has 8 N–H and O–H groups in total. The van der Waals surface area contributed by atoms with Crippen LogP contribution in [0, 0.1) is 0 Å². The summed E-state index contributed by atoms with van der Waals surface area (Å²) in [6, 6.07) is 18.0. The minimum absolute atomic E-state index is 0. The zero-order chi connectivity index (χ0) is 16.4. The Kier molecular flexibility index (Phi) is 7.04. The van der Waals surface area contributed by atoms with Gasteiger partial charge in [-0.05, 0) is 58.4 Å². The first-order chi connectivity index (χ1) is 10.9. The Morgan fingerprint density at radius 3 is 2.04 bits per heavy atom. The predicted molar refractivity (Wildman–Crippen MR) is 102 cm³/mol. The Balaban J connectivity index is 0.000000400. The van der Waals surface area contributed by atoms with Gasteiger partial charge in [0.1, 0.15) is 0 Å². The van der Waals surface area contributed by atoms with Crippen molar-refractivity contribution in [2.24, 2.45) is 0 Å². The van der Waals surface area contributed by atoms with E-state index < -0.39 is 10.4 Å². The van der Waals surface area contributed by atoms with Crippen molar-refractivity contribution < 1.29 is 17.5 Å². The second-order valence-electron chi connectivity index (χ2n) is 5.74. The van der Waals surface area contributed by atoms with Gasteiger partial charge in [-0.15, -0.1) is 0 Å². The van der Waals surface area contributed by atoms with E-state index in [4.69, 9.17) is 17.5 Å². The molecule has 0 fully saturated rings. The number of fused-ring (bicyclic) bond motifs is 5. The van der Waals surface area contributed by atoms with Gasteiger partial charge in [0.25, 0.3) is 0 Å². The highest BCUT2D eigenvalue weighted by atomic mass is 32.3. The number of hydrogen-bond acceptors (Lipinski definition) is 4. The van der Waals surface area contributed by atoms with Gasteiger partial charge in [-0.3, -0.25) is 9.11 Å². The molecule has 0 atom stereocenters. The van der Waals surface area contributed by atoms with Crippen molar-refractivity contribution in [2.45, 2.75) is 25.7 Å². The van der Waals surface area contributed by atoms with E-state index in [1.165, 1.54) is 47.2 Å². The highest BCUT2D eigenvalue weighted by molar-refractivity contribution is 7.79. The molecule has 0 heterocycles. The summed E-state index contributed by atoms with van der Waals surface area (Å²) in [6.45, 7) is 0. The van der Waals surface area contributed by atoms with Crippen LogP contribution in [0.15, 0.2) is 48.5 Å². The molecule has 1 aliphatic rings. The Hall–Kier alpha value is -2.03. The molecular formula is C18H24N2O4S. The third kappa shape index (κ3) is 4.97. The zero-order valence-corrected chi connectivity index (χ0v) is 14.8. The summed E-state index contributed by atoms with van der Waals surface area (Å²) in [5.41, 5.74) is 3.17. The quantitative estimate of drug-likeness (QED) is 0.340. The molecule has 0 aromatic heterocycles. The van der Waals surface area contributed by atoms with Gasteiger partial charge in [0.2, 0.25) is 0 Å². The maximum Gasteiger partial charge on any atom is 0.394 e. The number of benzene rings is 3. The van der Waals surface area contributed by atoms with E-state index in [2.05, 4.69) is 48.5 Å². The van der Waals surface area contributed by atoms with Crippen molar-refractivity contribution in [2.75, 3.05) is 0 Å². The van der Waals surface area contributed by atoms with Crippen molar-refractivity contribution in [3.63, 3.8) is 0 Å². The molecule has 0 unspecified atom stereocenters. The maximum atomic E-state index is 8.74. The van der Waals surface area contributed by atoms with E-state index >= 15 is 0 Å². The Morgan fingerprint density at radius 2 is 1.32 bits per heavy atom. The molecular weight excluding hydrogens is 340 g/mol. The molecule has 1 aliphatic carbocycles. The Labute approximate surface area is 147 Å². The summed E-state index contributed by atoms with van der Waals surface area (Å²) in [7, 11) is -4.67. The van der Waals surface area contributed by atoms with E-state index in [1.54, 1.807) is 11.1 Å². The number of aryl methyl sites for hydroxylation is 2. The van der Waals surface area contributed by atoms with Gasteiger partial charge < -0.3 is 12.3 Å². The summed E-state index contributed by atoms with van der Waals surface area (Å²) >= 11 is 0. The van der Waals surface area contributed by atoms with Gasteiger partial charge in [-0.1, -0.05) is 48.5 Å². The highest BCUT2D eigenvalue weighted by Crippen LogP contribution is 2.33. The van der Waals surface area contributed by atoms with Crippen molar-refractivity contribution in [3.8, 4) is 0 Å². The fraction of sp³-hybridized carbons (Fsp3) is 0.222. The summed E-state index contributed by atoms with van der Waals surface area (Å²) in [5, 5.41) is 5.64. The number of hydrogen-bond donors (Lipinski definition) is 4. The van der Waals surface area contributed by atoms with Crippen LogP contribution < -0.4 is 12.3 Å². The SMILES string of the molecule is N.N.O=S(=O)(O)O.c1ccc2c(c1)ccc1c3c(ccc12)CCCC3. The zero-order valence-electron chi connectivity index (χ0n) is 14.0. The lowest BCUT2D eigenvalue weighted by Crippen LogP contribution is -2.02. The summed E-state index contributed by atoms with van der Waals surface area (Å²) in [5.74, 6) is 0. The van der Waals surface area contributed by atoms with E-state index in [0.29, 0.717) is 0 Å². The van der Waals surface area contributed by atoms with Crippen molar-refractivity contribution in [1.82, 2.24) is 12.3 Å². The average Bonchev–Trinajstić information content (AvgIpc) is 2.52.